The summed E-state index contributed by atoms with van der Waals surface area (Å²) in [4.78, 5) is 5.57. The average molecular weight is 277 g/mol. The lowest BCUT2D eigenvalue weighted by Gasteiger charge is -2.18. The van der Waals surface area contributed by atoms with Crippen LogP contribution in [0.3, 0.4) is 0 Å². The molecule has 6 heteroatoms. The van der Waals surface area contributed by atoms with Gasteiger partial charge in [-0.05, 0) is 26.7 Å². The predicted molar refractivity (Wildman–Crippen MR) is 75.1 cm³/mol. The number of hydrogen-bond donors (Lipinski definition) is 1. The topological polar surface area (TPSA) is 55.6 Å². The summed E-state index contributed by atoms with van der Waals surface area (Å²) in [7, 11) is 0. The molecule has 2 aromatic heterocycles. The molecule has 1 aliphatic rings. The van der Waals surface area contributed by atoms with Gasteiger partial charge in [0.1, 0.15) is 11.6 Å². The van der Waals surface area contributed by atoms with Crippen molar-refractivity contribution in [1.82, 2.24) is 25.1 Å². The molecule has 0 saturated heterocycles. The van der Waals surface area contributed by atoms with Gasteiger partial charge >= 0.3 is 0 Å². The van der Waals surface area contributed by atoms with E-state index in [1.54, 1.807) is 11.3 Å². The van der Waals surface area contributed by atoms with E-state index in [1.165, 1.54) is 17.7 Å². The van der Waals surface area contributed by atoms with Crippen molar-refractivity contribution >= 4 is 11.3 Å². The molecule has 0 fully saturated rings. The van der Waals surface area contributed by atoms with E-state index in [0.29, 0.717) is 0 Å². The minimum absolute atomic E-state index is 0.223. The fourth-order valence-electron chi connectivity index (χ4n) is 2.48. The third-order valence-electron chi connectivity index (χ3n) is 3.69. The molecule has 3 heterocycles. The summed E-state index contributed by atoms with van der Waals surface area (Å²) in [5, 5.41) is 12.2. The number of nitrogens with zero attached hydrogens (tertiary/aromatic N) is 4. The number of aryl methyl sites for hydroxylation is 2. The van der Waals surface area contributed by atoms with Crippen molar-refractivity contribution in [2.45, 2.75) is 52.2 Å². The van der Waals surface area contributed by atoms with Crippen molar-refractivity contribution in [2.75, 3.05) is 0 Å². The standard InChI is InChI=1S/C13H19N5S/c1-9-11(19-8-15-9)7-14-10(2)13-17-16-12-5-3-4-6-18(12)13/h8,10,14H,3-7H2,1-2H3. The molecule has 0 saturated carbocycles. The molecule has 0 spiro atoms. The molecule has 2 aromatic rings. The van der Waals surface area contributed by atoms with E-state index >= 15 is 0 Å². The van der Waals surface area contributed by atoms with Crippen molar-refractivity contribution < 1.29 is 0 Å². The first-order valence-electron chi connectivity index (χ1n) is 6.80. The van der Waals surface area contributed by atoms with Gasteiger partial charge in [0.25, 0.3) is 0 Å². The highest BCUT2D eigenvalue weighted by Crippen LogP contribution is 2.20. The average Bonchev–Trinajstić information content (AvgIpc) is 3.02. The zero-order valence-electron chi connectivity index (χ0n) is 11.4. The second-order valence-electron chi connectivity index (χ2n) is 5.05. The van der Waals surface area contributed by atoms with E-state index in [1.807, 2.05) is 5.51 Å². The fraction of sp³-hybridized carbons (Fsp3) is 0.615. The fourth-order valence-corrected chi connectivity index (χ4v) is 3.21. The quantitative estimate of drug-likeness (QED) is 0.931. The van der Waals surface area contributed by atoms with Crippen molar-refractivity contribution in [3.8, 4) is 0 Å². The number of rotatable bonds is 4. The minimum Gasteiger partial charge on any atom is -0.314 e. The zero-order chi connectivity index (χ0) is 13.2. The van der Waals surface area contributed by atoms with Crippen LogP contribution in [-0.4, -0.2) is 19.7 Å². The molecule has 1 unspecified atom stereocenters. The zero-order valence-corrected chi connectivity index (χ0v) is 12.2. The summed E-state index contributed by atoms with van der Waals surface area (Å²) in [5.41, 5.74) is 3.02. The summed E-state index contributed by atoms with van der Waals surface area (Å²) >= 11 is 1.70. The molecule has 5 nitrogen and oxygen atoms in total. The van der Waals surface area contributed by atoms with Crippen molar-refractivity contribution in [3.05, 3.63) is 27.7 Å². The Morgan fingerprint density at radius 2 is 2.32 bits per heavy atom. The number of fused-ring (bicyclic) bond motifs is 1. The number of aromatic nitrogens is 4. The lowest BCUT2D eigenvalue weighted by atomic mass is 10.1. The van der Waals surface area contributed by atoms with Gasteiger partial charge in [-0.2, -0.15) is 0 Å². The predicted octanol–water partition coefficient (Wildman–Crippen LogP) is 2.23. The van der Waals surface area contributed by atoms with Crippen molar-refractivity contribution in [2.24, 2.45) is 0 Å². The van der Waals surface area contributed by atoms with Crippen molar-refractivity contribution in [3.63, 3.8) is 0 Å². The lowest BCUT2D eigenvalue weighted by molar-refractivity contribution is 0.466. The van der Waals surface area contributed by atoms with Gasteiger partial charge in [-0.15, -0.1) is 21.5 Å². The van der Waals surface area contributed by atoms with Crippen LogP contribution in [0.4, 0.5) is 0 Å². The molecule has 19 heavy (non-hydrogen) atoms. The Balaban J connectivity index is 1.69. The van der Waals surface area contributed by atoms with Crippen LogP contribution in [0.25, 0.3) is 0 Å². The Kier molecular flexibility index (Phi) is 3.61. The second kappa shape index (κ2) is 5.38. The van der Waals surface area contributed by atoms with Gasteiger partial charge in [-0.3, -0.25) is 0 Å². The highest BCUT2D eigenvalue weighted by atomic mass is 32.1. The molecule has 0 radical (unpaired) electrons. The molecular formula is C13H19N5S. The maximum atomic E-state index is 4.36. The molecule has 1 atom stereocenters. The lowest BCUT2D eigenvalue weighted by Crippen LogP contribution is -2.23. The van der Waals surface area contributed by atoms with Gasteiger partial charge in [0.15, 0.2) is 0 Å². The number of hydrogen-bond acceptors (Lipinski definition) is 5. The third kappa shape index (κ3) is 2.55. The van der Waals surface area contributed by atoms with E-state index in [0.717, 1.165) is 36.9 Å². The van der Waals surface area contributed by atoms with Crippen LogP contribution in [0.5, 0.6) is 0 Å². The molecule has 0 aliphatic carbocycles. The summed E-state index contributed by atoms with van der Waals surface area (Å²) in [6, 6.07) is 0.223. The minimum atomic E-state index is 0.223. The van der Waals surface area contributed by atoms with Crippen LogP contribution in [-0.2, 0) is 19.5 Å². The van der Waals surface area contributed by atoms with E-state index in [4.69, 9.17) is 0 Å². The van der Waals surface area contributed by atoms with Gasteiger partial charge in [-0.1, -0.05) is 0 Å². The summed E-state index contributed by atoms with van der Waals surface area (Å²) < 4.78 is 2.28. The van der Waals surface area contributed by atoms with E-state index in [-0.39, 0.29) is 6.04 Å². The number of nitrogens with one attached hydrogen (secondary N) is 1. The first-order chi connectivity index (χ1) is 9.25. The van der Waals surface area contributed by atoms with Gasteiger partial charge in [0.05, 0.1) is 17.2 Å². The number of thiazole rings is 1. The molecule has 1 aliphatic heterocycles. The van der Waals surface area contributed by atoms with Gasteiger partial charge in [0, 0.05) is 24.4 Å². The van der Waals surface area contributed by atoms with Crippen LogP contribution in [0, 0.1) is 6.92 Å². The smallest absolute Gasteiger partial charge is 0.149 e. The van der Waals surface area contributed by atoms with Gasteiger partial charge in [-0.25, -0.2) is 4.98 Å². The first kappa shape index (κ1) is 12.7. The molecule has 0 amide bonds. The van der Waals surface area contributed by atoms with Crippen molar-refractivity contribution in [1.29, 1.82) is 0 Å². The van der Waals surface area contributed by atoms with Crippen LogP contribution in [0.1, 0.15) is 48.0 Å². The van der Waals surface area contributed by atoms with Crippen LogP contribution in [0.15, 0.2) is 5.51 Å². The first-order valence-corrected chi connectivity index (χ1v) is 7.68. The monoisotopic (exact) mass is 277 g/mol. The molecular weight excluding hydrogens is 258 g/mol. The largest absolute Gasteiger partial charge is 0.314 e. The highest BCUT2D eigenvalue weighted by molar-refractivity contribution is 7.09. The maximum Gasteiger partial charge on any atom is 0.149 e. The second-order valence-corrected chi connectivity index (χ2v) is 5.99. The molecule has 3 rings (SSSR count). The van der Waals surface area contributed by atoms with Crippen LogP contribution in [0.2, 0.25) is 0 Å². The van der Waals surface area contributed by atoms with Gasteiger partial charge in [0.2, 0.25) is 0 Å². The van der Waals surface area contributed by atoms with E-state index in [2.05, 4.69) is 38.9 Å². The Bertz CT molecular complexity index is 559. The Labute approximate surface area is 117 Å². The molecule has 1 N–H and O–H groups in total. The maximum absolute atomic E-state index is 4.36. The van der Waals surface area contributed by atoms with E-state index in [9.17, 15) is 0 Å². The molecule has 0 aromatic carbocycles. The van der Waals surface area contributed by atoms with Crippen LogP contribution >= 0.6 is 11.3 Å². The molecule has 102 valence electrons. The Hall–Kier alpha value is -1.27. The SMILES string of the molecule is Cc1ncsc1CNC(C)c1nnc2n1CCCC2. The molecule has 0 bridgehead atoms. The third-order valence-corrected chi connectivity index (χ3v) is 4.62. The summed E-state index contributed by atoms with van der Waals surface area (Å²) in [6.07, 6.45) is 3.53. The summed E-state index contributed by atoms with van der Waals surface area (Å²) in [5.74, 6) is 2.21. The highest BCUT2D eigenvalue weighted by Gasteiger charge is 2.19. The Morgan fingerprint density at radius 1 is 1.42 bits per heavy atom. The Morgan fingerprint density at radius 3 is 3.11 bits per heavy atom. The van der Waals surface area contributed by atoms with Crippen LogP contribution < -0.4 is 5.32 Å². The van der Waals surface area contributed by atoms with Gasteiger partial charge < -0.3 is 9.88 Å². The summed E-state index contributed by atoms with van der Waals surface area (Å²) in [6.45, 7) is 6.11. The normalized spacial score (nSPS) is 16.3. The van der Waals surface area contributed by atoms with E-state index < -0.39 is 0 Å².